The molecule has 0 amide bonds. The molecule has 0 saturated carbocycles. The fraction of sp³-hybridized carbons (Fsp3) is 0.900. The van der Waals surface area contributed by atoms with Crippen molar-refractivity contribution in [2.45, 2.75) is 38.8 Å². The standard InChI is InChI=1S/C9H16N2.CHF3.H3NO3S/c1-2-5-9-10-6-4-8-11(9)7-3-1;2-1(3)4;1-5(2,3)4/h1-8H2;1H;(H3,1,2,3,4). The molecule has 2 rings (SSSR count). The summed E-state index contributed by atoms with van der Waals surface area (Å²) in [5.41, 5.74) is 0. The van der Waals surface area contributed by atoms with Crippen molar-refractivity contribution in [3.8, 4) is 0 Å². The Bertz CT molecular complexity index is 380. The van der Waals surface area contributed by atoms with E-state index in [4.69, 9.17) is 13.0 Å². The molecule has 6 nitrogen and oxygen atoms in total. The SMILES string of the molecule is C1CCC2=NCCC[NH+]2CC1.FC(F)F.NS(=O)(=O)[O-]. The van der Waals surface area contributed by atoms with Crippen LogP contribution in [0.2, 0.25) is 0 Å². The number of halogens is 3. The van der Waals surface area contributed by atoms with Gasteiger partial charge < -0.3 is 4.55 Å². The Kier molecular flexibility index (Phi) is 9.72. The number of alkyl halides is 3. The minimum absolute atomic E-state index is 1.10. The number of quaternary nitrogens is 1. The lowest BCUT2D eigenvalue weighted by molar-refractivity contribution is -0.809. The Morgan fingerprint density at radius 2 is 1.65 bits per heavy atom. The molecule has 3 N–H and O–H groups in total. The summed E-state index contributed by atoms with van der Waals surface area (Å²) in [6.45, 7) is 0.122. The van der Waals surface area contributed by atoms with Crippen LogP contribution in [0.15, 0.2) is 4.99 Å². The van der Waals surface area contributed by atoms with E-state index >= 15 is 0 Å². The molecule has 1 unspecified atom stereocenters. The first-order chi connectivity index (χ1) is 9.20. The van der Waals surface area contributed by atoms with Crippen molar-refractivity contribution in [3.63, 3.8) is 0 Å². The van der Waals surface area contributed by atoms with Crippen LogP contribution in [0.5, 0.6) is 0 Å². The van der Waals surface area contributed by atoms with Crippen molar-refractivity contribution in [2.24, 2.45) is 10.1 Å². The van der Waals surface area contributed by atoms with E-state index < -0.39 is 17.0 Å². The van der Waals surface area contributed by atoms with Crippen LogP contribution < -0.4 is 10.0 Å². The number of hydrogen-bond acceptors (Lipinski definition) is 4. The van der Waals surface area contributed by atoms with Crippen molar-refractivity contribution >= 4 is 16.1 Å². The van der Waals surface area contributed by atoms with Gasteiger partial charge in [-0.15, -0.1) is 0 Å². The molecule has 10 heteroatoms. The molecule has 0 aromatic heterocycles. The Morgan fingerprint density at radius 1 is 1.15 bits per heavy atom. The molecule has 2 aliphatic heterocycles. The van der Waals surface area contributed by atoms with Gasteiger partial charge in [0.25, 0.3) is 0 Å². The van der Waals surface area contributed by atoms with E-state index in [1.165, 1.54) is 51.0 Å². The molecule has 1 fully saturated rings. The normalized spacial score (nSPS) is 22.3. The highest BCUT2D eigenvalue weighted by Crippen LogP contribution is 2.03. The molecule has 1 saturated heterocycles. The number of amidine groups is 1. The van der Waals surface area contributed by atoms with Gasteiger partial charge in [-0.05, 0) is 19.3 Å². The van der Waals surface area contributed by atoms with Crippen molar-refractivity contribution < 1.29 is 31.0 Å². The van der Waals surface area contributed by atoms with E-state index in [1.807, 2.05) is 0 Å². The van der Waals surface area contributed by atoms with Gasteiger partial charge in [-0.2, -0.15) is 13.2 Å². The number of hydrogen-bond donors (Lipinski definition) is 2. The van der Waals surface area contributed by atoms with Crippen LogP contribution in [-0.2, 0) is 10.3 Å². The molecule has 0 aliphatic carbocycles. The molecule has 0 radical (unpaired) electrons. The van der Waals surface area contributed by atoms with E-state index in [9.17, 15) is 13.2 Å². The van der Waals surface area contributed by atoms with Crippen LogP contribution in [0.4, 0.5) is 13.2 Å². The third kappa shape index (κ3) is 13.7. The number of nitrogens with two attached hydrogens (primary N) is 1. The first-order valence-corrected chi connectivity index (χ1v) is 7.71. The molecule has 120 valence electrons. The fourth-order valence-corrected chi connectivity index (χ4v) is 2.10. The van der Waals surface area contributed by atoms with Gasteiger partial charge in [0.05, 0.1) is 13.1 Å². The first kappa shape index (κ1) is 19.3. The Balaban J connectivity index is 0.000000340. The molecular weight excluding hydrogens is 299 g/mol. The van der Waals surface area contributed by atoms with E-state index in [-0.39, 0.29) is 0 Å². The number of fused-ring (bicyclic) bond motifs is 1. The zero-order chi connectivity index (χ0) is 15.6. The van der Waals surface area contributed by atoms with Crippen LogP contribution in [0.25, 0.3) is 0 Å². The molecular formula is C10H20F3N3O3S. The van der Waals surface area contributed by atoms with Gasteiger partial charge in [-0.3, -0.25) is 4.90 Å². The minimum atomic E-state index is -4.42. The maximum Gasteiger partial charge on any atom is 0.379 e. The van der Waals surface area contributed by atoms with Crippen LogP contribution >= 0.6 is 0 Å². The predicted octanol–water partition coefficient (Wildman–Crippen LogP) is -0.169. The molecule has 20 heavy (non-hydrogen) atoms. The fourth-order valence-electron chi connectivity index (χ4n) is 2.10. The lowest BCUT2D eigenvalue weighted by Gasteiger charge is -2.21. The summed E-state index contributed by atoms with van der Waals surface area (Å²) in [5.74, 6) is 1.48. The number of aliphatic imine (C=N–C) groups is 1. The second-order valence-electron chi connectivity index (χ2n) is 4.34. The third-order valence-electron chi connectivity index (χ3n) is 2.74. The topological polar surface area (TPSA) is 100 Å². The average Bonchev–Trinajstić information content (AvgIpc) is 2.50. The van der Waals surface area contributed by atoms with E-state index in [0.29, 0.717) is 0 Å². The van der Waals surface area contributed by atoms with Gasteiger partial charge in [-0.25, -0.2) is 18.5 Å². The second-order valence-corrected chi connectivity index (χ2v) is 5.32. The number of rotatable bonds is 0. The Labute approximate surface area is 116 Å². The summed E-state index contributed by atoms with van der Waals surface area (Å²) in [7, 11) is -4.42. The van der Waals surface area contributed by atoms with Crippen LogP contribution in [0.1, 0.15) is 32.1 Å². The molecule has 0 aromatic carbocycles. The molecule has 0 bridgehead atoms. The van der Waals surface area contributed by atoms with Gasteiger partial charge in [0.1, 0.15) is 0 Å². The Hall–Kier alpha value is -0.710. The highest BCUT2D eigenvalue weighted by molar-refractivity contribution is 7.83. The smallest absolute Gasteiger partial charge is 0.379 e. The lowest BCUT2D eigenvalue weighted by Crippen LogP contribution is -3.15. The molecule has 0 spiro atoms. The van der Waals surface area contributed by atoms with E-state index in [1.54, 1.807) is 4.90 Å². The summed E-state index contributed by atoms with van der Waals surface area (Å²) < 4.78 is 55.6. The second kappa shape index (κ2) is 10.1. The molecule has 2 aliphatic rings. The van der Waals surface area contributed by atoms with Crippen LogP contribution in [0, 0.1) is 0 Å². The highest BCUT2D eigenvalue weighted by Gasteiger charge is 2.21. The van der Waals surface area contributed by atoms with Gasteiger partial charge in [0, 0.05) is 19.4 Å². The first-order valence-electron chi connectivity index (χ1n) is 6.24. The molecule has 2 heterocycles. The summed E-state index contributed by atoms with van der Waals surface area (Å²) in [4.78, 5) is 6.28. The maximum absolute atomic E-state index is 9.67. The molecule has 1 atom stereocenters. The molecule has 0 aromatic rings. The van der Waals surface area contributed by atoms with Gasteiger partial charge in [-0.1, -0.05) is 0 Å². The largest absolute Gasteiger partial charge is 0.736 e. The predicted molar refractivity (Wildman–Crippen MR) is 67.1 cm³/mol. The highest BCUT2D eigenvalue weighted by atomic mass is 32.2. The van der Waals surface area contributed by atoms with Gasteiger partial charge >= 0.3 is 6.68 Å². The van der Waals surface area contributed by atoms with Crippen LogP contribution in [0.3, 0.4) is 0 Å². The average molecular weight is 319 g/mol. The number of nitrogens with one attached hydrogen (secondary N) is 1. The summed E-state index contributed by atoms with van der Waals surface area (Å²) >= 11 is 0. The summed E-state index contributed by atoms with van der Waals surface area (Å²) in [5, 5.41) is 3.77. The van der Waals surface area contributed by atoms with Crippen LogP contribution in [-0.4, -0.2) is 45.1 Å². The van der Waals surface area contributed by atoms with Crippen molar-refractivity contribution in [3.05, 3.63) is 0 Å². The quantitative estimate of drug-likeness (QED) is 0.606. The lowest BCUT2D eigenvalue weighted by atomic mass is 10.2. The zero-order valence-electron chi connectivity index (χ0n) is 11.0. The summed E-state index contributed by atoms with van der Waals surface area (Å²) in [6, 6.07) is 0. The zero-order valence-corrected chi connectivity index (χ0v) is 11.8. The Morgan fingerprint density at radius 3 is 2.20 bits per heavy atom. The maximum atomic E-state index is 9.67. The van der Waals surface area contributed by atoms with E-state index in [2.05, 4.69) is 10.1 Å². The number of nitrogens with zero attached hydrogens (tertiary/aromatic N) is 1. The van der Waals surface area contributed by atoms with Crippen molar-refractivity contribution in [1.82, 2.24) is 0 Å². The van der Waals surface area contributed by atoms with Crippen molar-refractivity contribution in [1.29, 1.82) is 0 Å². The summed E-state index contributed by atoms with van der Waals surface area (Å²) in [6.07, 6.45) is 6.79. The van der Waals surface area contributed by atoms with Gasteiger partial charge in [0.2, 0.25) is 0 Å². The monoisotopic (exact) mass is 319 g/mol. The van der Waals surface area contributed by atoms with E-state index in [0.717, 1.165) is 6.54 Å². The third-order valence-corrected chi connectivity index (χ3v) is 2.74. The van der Waals surface area contributed by atoms with Crippen molar-refractivity contribution in [2.75, 3.05) is 19.6 Å². The minimum Gasteiger partial charge on any atom is -0.736 e. The van der Waals surface area contributed by atoms with Gasteiger partial charge in [0.15, 0.2) is 16.1 Å².